The quantitative estimate of drug-likeness (QED) is 0.0348. The number of allylic oxidation sites excluding steroid dienone is 12. The van der Waals surface area contributed by atoms with E-state index in [0.29, 0.717) is 19.4 Å². The van der Waals surface area contributed by atoms with Gasteiger partial charge in [-0.25, -0.2) is 0 Å². The monoisotopic (exact) mass is 809 g/mol. The van der Waals surface area contributed by atoms with Crippen molar-refractivity contribution in [2.45, 2.75) is 232 Å². The Labute approximate surface area is 359 Å². The average Bonchev–Trinajstić information content (AvgIpc) is 3.22. The van der Waals surface area contributed by atoms with E-state index in [1.54, 1.807) is 0 Å². The summed E-state index contributed by atoms with van der Waals surface area (Å²) in [6.07, 6.45) is 62.0. The Morgan fingerprint density at radius 1 is 0.397 bits per heavy atom. The number of hydrogen-bond donors (Lipinski definition) is 0. The Hall–Kier alpha value is -2.66. The molecular weight excluding hydrogens is 717 g/mol. The van der Waals surface area contributed by atoms with Gasteiger partial charge in [-0.15, -0.1) is 0 Å². The van der Waals surface area contributed by atoms with E-state index in [0.717, 1.165) is 77.0 Å². The van der Waals surface area contributed by atoms with Gasteiger partial charge in [0, 0.05) is 19.4 Å². The van der Waals surface area contributed by atoms with Gasteiger partial charge in [0.2, 0.25) is 0 Å². The van der Waals surface area contributed by atoms with Crippen molar-refractivity contribution >= 4 is 11.9 Å². The van der Waals surface area contributed by atoms with Crippen LogP contribution in [-0.2, 0) is 23.8 Å². The van der Waals surface area contributed by atoms with Crippen molar-refractivity contribution in [2.75, 3.05) is 19.8 Å². The van der Waals surface area contributed by atoms with Gasteiger partial charge in [0.1, 0.15) is 6.61 Å². The van der Waals surface area contributed by atoms with Crippen LogP contribution in [0.25, 0.3) is 0 Å². The van der Waals surface area contributed by atoms with Crippen LogP contribution in [-0.4, -0.2) is 37.9 Å². The van der Waals surface area contributed by atoms with Crippen molar-refractivity contribution in [1.29, 1.82) is 0 Å². The molecule has 0 aromatic rings. The lowest BCUT2D eigenvalue weighted by Crippen LogP contribution is -2.30. The molecule has 334 valence electrons. The predicted molar refractivity (Wildman–Crippen MR) is 251 cm³/mol. The maximum Gasteiger partial charge on any atom is 0.306 e. The van der Waals surface area contributed by atoms with Gasteiger partial charge in [0.05, 0.1) is 6.61 Å². The number of esters is 2. The highest BCUT2D eigenvalue weighted by Gasteiger charge is 2.17. The predicted octanol–water partition coefficient (Wildman–Crippen LogP) is 16.3. The van der Waals surface area contributed by atoms with E-state index in [9.17, 15) is 9.59 Å². The third-order valence-corrected chi connectivity index (χ3v) is 10.2. The van der Waals surface area contributed by atoms with Crippen molar-refractivity contribution in [3.8, 4) is 0 Å². The summed E-state index contributed by atoms with van der Waals surface area (Å²) in [5.74, 6) is -0.433. The van der Waals surface area contributed by atoms with E-state index in [-0.39, 0.29) is 25.2 Å². The van der Waals surface area contributed by atoms with Crippen LogP contribution in [0, 0.1) is 0 Å². The van der Waals surface area contributed by atoms with Crippen LogP contribution >= 0.6 is 0 Å². The molecule has 0 rings (SSSR count). The van der Waals surface area contributed by atoms with E-state index in [1.165, 1.54) is 116 Å². The Kier molecular flexibility index (Phi) is 46.5. The molecule has 0 radical (unpaired) electrons. The third-order valence-electron chi connectivity index (χ3n) is 10.2. The van der Waals surface area contributed by atoms with Crippen LogP contribution < -0.4 is 0 Å². The van der Waals surface area contributed by atoms with Crippen LogP contribution in [0.5, 0.6) is 0 Å². The van der Waals surface area contributed by atoms with E-state index < -0.39 is 6.10 Å². The van der Waals surface area contributed by atoms with Crippen LogP contribution in [0.2, 0.25) is 0 Å². The molecule has 0 spiro atoms. The maximum absolute atomic E-state index is 12.7. The Bertz CT molecular complexity index is 1050. The molecule has 0 bridgehead atoms. The van der Waals surface area contributed by atoms with Gasteiger partial charge >= 0.3 is 11.9 Å². The minimum atomic E-state index is -0.564. The molecule has 1 unspecified atom stereocenters. The summed E-state index contributed by atoms with van der Waals surface area (Å²) in [4.78, 5) is 25.3. The van der Waals surface area contributed by atoms with Gasteiger partial charge in [-0.3, -0.25) is 9.59 Å². The highest BCUT2D eigenvalue weighted by atomic mass is 16.6. The Balaban J connectivity index is 4.25. The smallest absolute Gasteiger partial charge is 0.306 e. The Morgan fingerprint density at radius 3 is 1.28 bits per heavy atom. The fraction of sp³-hybridized carbons (Fsp3) is 0.736. The zero-order valence-electron chi connectivity index (χ0n) is 38.3. The topological polar surface area (TPSA) is 61.8 Å². The number of rotatable bonds is 44. The molecule has 0 heterocycles. The largest absolute Gasteiger partial charge is 0.462 e. The number of ether oxygens (including phenoxy) is 3. The molecule has 0 amide bonds. The summed E-state index contributed by atoms with van der Waals surface area (Å²) in [5.41, 5.74) is 0. The lowest BCUT2D eigenvalue weighted by atomic mass is 10.1. The highest BCUT2D eigenvalue weighted by molar-refractivity contribution is 5.70. The van der Waals surface area contributed by atoms with Crippen molar-refractivity contribution in [3.05, 3.63) is 72.9 Å². The van der Waals surface area contributed by atoms with Gasteiger partial charge in [0.25, 0.3) is 0 Å². The second-order valence-corrected chi connectivity index (χ2v) is 16.0. The maximum atomic E-state index is 12.7. The molecule has 0 saturated heterocycles. The van der Waals surface area contributed by atoms with Crippen molar-refractivity contribution < 1.29 is 23.8 Å². The van der Waals surface area contributed by atoms with Crippen LogP contribution in [0.1, 0.15) is 226 Å². The summed E-state index contributed by atoms with van der Waals surface area (Å²) in [6, 6.07) is 0. The Morgan fingerprint density at radius 2 is 0.776 bits per heavy atom. The zero-order chi connectivity index (χ0) is 42.1. The normalized spacial score (nSPS) is 12.8. The molecule has 5 nitrogen and oxygen atoms in total. The van der Waals surface area contributed by atoms with Crippen molar-refractivity contribution in [2.24, 2.45) is 0 Å². The average molecular weight is 809 g/mol. The third kappa shape index (κ3) is 46.0. The number of carbonyl (C=O) groups is 2. The second kappa shape index (κ2) is 48.7. The molecule has 0 aromatic carbocycles. The molecule has 1 atom stereocenters. The number of carbonyl (C=O) groups excluding carboxylic acids is 2. The summed E-state index contributed by atoms with van der Waals surface area (Å²) < 4.78 is 17.3. The molecule has 0 N–H and O–H groups in total. The minimum absolute atomic E-state index is 0.0607. The summed E-state index contributed by atoms with van der Waals surface area (Å²) in [7, 11) is 0. The lowest BCUT2D eigenvalue weighted by molar-refractivity contribution is -0.163. The van der Waals surface area contributed by atoms with Gasteiger partial charge in [-0.1, -0.05) is 203 Å². The standard InChI is InChI=1S/C53H92O5/c1-4-7-10-13-16-19-21-23-25-26-27-28-29-30-32-35-37-40-43-46-52(54)57-50-51(58-53(55)47-44-41-38-34-18-15-12-9-6-3)49-56-48-45-42-39-36-33-31-24-22-20-17-14-11-8-5-2/h8,11,16-17,19-20,23-25,31,36,39,51H,4-7,9-10,12-15,18,21-22,26-30,32-35,37-38,40-50H2,1-3H3/b11-8-,19-16-,20-17-,25-23-,31-24-,39-36-. The first kappa shape index (κ1) is 55.3. The summed E-state index contributed by atoms with van der Waals surface area (Å²) in [5, 5.41) is 0. The summed E-state index contributed by atoms with van der Waals surface area (Å²) in [6.45, 7) is 7.54. The van der Waals surface area contributed by atoms with Crippen molar-refractivity contribution in [3.63, 3.8) is 0 Å². The summed E-state index contributed by atoms with van der Waals surface area (Å²) >= 11 is 0. The van der Waals surface area contributed by atoms with E-state index in [1.807, 2.05) is 0 Å². The van der Waals surface area contributed by atoms with E-state index in [4.69, 9.17) is 14.2 Å². The van der Waals surface area contributed by atoms with Crippen LogP contribution in [0.4, 0.5) is 0 Å². The first-order valence-corrected chi connectivity index (χ1v) is 24.5. The van der Waals surface area contributed by atoms with Gasteiger partial charge in [-0.05, 0) is 83.5 Å². The highest BCUT2D eigenvalue weighted by Crippen LogP contribution is 2.14. The molecule has 5 heteroatoms. The molecular formula is C53H92O5. The van der Waals surface area contributed by atoms with Gasteiger partial charge in [0.15, 0.2) is 6.10 Å². The van der Waals surface area contributed by atoms with Crippen LogP contribution in [0.15, 0.2) is 72.9 Å². The van der Waals surface area contributed by atoms with Gasteiger partial charge in [-0.2, -0.15) is 0 Å². The number of unbranched alkanes of at least 4 members (excludes halogenated alkanes) is 21. The fourth-order valence-electron chi connectivity index (χ4n) is 6.60. The first-order valence-electron chi connectivity index (χ1n) is 24.5. The SMILES string of the molecule is CC/C=C\C/C=C\C/C=C\C/C=C\CCCOCC(COC(=O)CCCCCCCCCCC/C=C\C/C=C\CCCCC)OC(=O)CCCCCCCCCCC. The van der Waals surface area contributed by atoms with Crippen LogP contribution in [0.3, 0.4) is 0 Å². The van der Waals surface area contributed by atoms with E-state index in [2.05, 4.69) is 93.7 Å². The molecule has 0 aromatic heterocycles. The molecule has 58 heavy (non-hydrogen) atoms. The second-order valence-electron chi connectivity index (χ2n) is 16.0. The molecule has 0 saturated carbocycles. The van der Waals surface area contributed by atoms with E-state index >= 15 is 0 Å². The molecule has 0 aliphatic rings. The lowest BCUT2D eigenvalue weighted by Gasteiger charge is -2.18. The zero-order valence-corrected chi connectivity index (χ0v) is 38.3. The molecule has 0 aliphatic carbocycles. The van der Waals surface area contributed by atoms with Crippen molar-refractivity contribution in [1.82, 2.24) is 0 Å². The minimum Gasteiger partial charge on any atom is -0.462 e. The number of hydrogen-bond acceptors (Lipinski definition) is 5. The molecule has 0 aliphatic heterocycles. The fourth-order valence-corrected chi connectivity index (χ4v) is 6.60. The first-order chi connectivity index (χ1) is 28.6. The molecule has 0 fully saturated rings. The van der Waals surface area contributed by atoms with Gasteiger partial charge < -0.3 is 14.2 Å².